The number of rotatable bonds is 3. The van der Waals surface area contributed by atoms with Gasteiger partial charge < -0.3 is 10.3 Å². The molecule has 0 saturated carbocycles. The van der Waals surface area contributed by atoms with E-state index < -0.39 is 0 Å². The molecular formula is C15H14N2OS. The fourth-order valence-corrected chi connectivity index (χ4v) is 2.88. The van der Waals surface area contributed by atoms with E-state index in [-0.39, 0.29) is 5.56 Å². The molecule has 4 heteroatoms. The highest BCUT2D eigenvalue weighted by Gasteiger charge is 2.01. The van der Waals surface area contributed by atoms with Crippen molar-refractivity contribution < 1.29 is 0 Å². The van der Waals surface area contributed by atoms with E-state index in [2.05, 4.69) is 28.7 Å². The highest BCUT2D eigenvalue weighted by atomic mass is 32.1. The first-order valence-corrected chi connectivity index (χ1v) is 7.00. The van der Waals surface area contributed by atoms with Crippen LogP contribution in [-0.4, -0.2) is 4.98 Å². The minimum atomic E-state index is -0.0672. The molecule has 96 valence electrons. The predicted molar refractivity (Wildman–Crippen MR) is 81.0 cm³/mol. The summed E-state index contributed by atoms with van der Waals surface area (Å²) in [7, 11) is 0. The molecule has 3 nitrogen and oxygen atoms in total. The molecule has 1 aromatic carbocycles. The van der Waals surface area contributed by atoms with Gasteiger partial charge in [-0.15, -0.1) is 11.3 Å². The van der Waals surface area contributed by atoms with E-state index >= 15 is 0 Å². The van der Waals surface area contributed by atoms with Crippen LogP contribution in [0.5, 0.6) is 0 Å². The lowest BCUT2D eigenvalue weighted by molar-refractivity contribution is 1.17. The maximum Gasteiger partial charge on any atom is 0.248 e. The van der Waals surface area contributed by atoms with Gasteiger partial charge in [0, 0.05) is 34.1 Å². The van der Waals surface area contributed by atoms with Gasteiger partial charge >= 0.3 is 0 Å². The molecule has 2 N–H and O–H groups in total. The van der Waals surface area contributed by atoms with Gasteiger partial charge in [0.1, 0.15) is 0 Å². The third kappa shape index (κ3) is 2.53. The standard InChI is InChI=1S/C15H14N2OS/c1-10-6-7-19-14(10)9-16-12-3-4-13-11(8-12)2-5-15(18)17-13/h2-8,16H,9H2,1H3,(H,17,18). The lowest BCUT2D eigenvalue weighted by Gasteiger charge is -2.07. The zero-order chi connectivity index (χ0) is 13.2. The molecule has 0 saturated heterocycles. The number of nitrogens with one attached hydrogen (secondary N) is 2. The van der Waals surface area contributed by atoms with E-state index in [0.29, 0.717) is 0 Å². The van der Waals surface area contributed by atoms with Crippen molar-refractivity contribution in [3.8, 4) is 0 Å². The molecule has 0 unspecified atom stereocenters. The third-order valence-corrected chi connectivity index (χ3v) is 4.17. The summed E-state index contributed by atoms with van der Waals surface area (Å²) in [5.74, 6) is 0. The molecule has 0 amide bonds. The van der Waals surface area contributed by atoms with Crippen molar-refractivity contribution in [1.82, 2.24) is 4.98 Å². The molecule has 0 bridgehead atoms. The van der Waals surface area contributed by atoms with Gasteiger partial charge in [0.05, 0.1) is 0 Å². The van der Waals surface area contributed by atoms with Gasteiger partial charge in [0.25, 0.3) is 0 Å². The molecule has 19 heavy (non-hydrogen) atoms. The van der Waals surface area contributed by atoms with Gasteiger partial charge in [-0.05, 0) is 48.2 Å². The van der Waals surface area contributed by atoms with Crippen LogP contribution in [-0.2, 0) is 6.54 Å². The van der Waals surface area contributed by atoms with Crippen LogP contribution in [0.4, 0.5) is 5.69 Å². The molecule has 3 rings (SSSR count). The van der Waals surface area contributed by atoms with Crippen LogP contribution in [0.3, 0.4) is 0 Å². The van der Waals surface area contributed by atoms with Crippen molar-refractivity contribution in [2.45, 2.75) is 13.5 Å². The fraction of sp³-hybridized carbons (Fsp3) is 0.133. The molecular weight excluding hydrogens is 256 g/mol. The maximum absolute atomic E-state index is 11.2. The zero-order valence-electron chi connectivity index (χ0n) is 10.6. The van der Waals surface area contributed by atoms with E-state index in [1.54, 1.807) is 17.4 Å². The Balaban J connectivity index is 1.84. The highest BCUT2D eigenvalue weighted by Crippen LogP contribution is 2.20. The first kappa shape index (κ1) is 12.0. The average Bonchev–Trinajstić information content (AvgIpc) is 2.82. The Morgan fingerprint density at radius 2 is 2.11 bits per heavy atom. The first-order valence-electron chi connectivity index (χ1n) is 6.12. The third-order valence-electron chi connectivity index (χ3n) is 3.14. The maximum atomic E-state index is 11.2. The smallest absolute Gasteiger partial charge is 0.248 e. The molecule has 0 aliphatic heterocycles. The van der Waals surface area contributed by atoms with Gasteiger partial charge in [0.15, 0.2) is 0 Å². The molecule has 2 heterocycles. The Kier molecular flexibility index (Phi) is 3.09. The van der Waals surface area contributed by atoms with E-state index in [9.17, 15) is 4.79 Å². The van der Waals surface area contributed by atoms with Crippen LogP contribution < -0.4 is 10.9 Å². The summed E-state index contributed by atoms with van der Waals surface area (Å²) in [5, 5.41) is 6.56. The van der Waals surface area contributed by atoms with Gasteiger partial charge in [0.2, 0.25) is 5.56 Å². The van der Waals surface area contributed by atoms with Gasteiger partial charge in [-0.25, -0.2) is 0 Å². The topological polar surface area (TPSA) is 44.9 Å². The Morgan fingerprint density at radius 3 is 2.89 bits per heavy atom. The molecule has 2 aromatic heterocycles. The normalized spacial score (nSPS) is 10.8. The van der Waals surface area contributed by atoms with Crippen molar-refractivity contribution in [2.75, 3.05) is 5.32 Å². The van der Waals surface area contributed by atoms with Crippen LogP contribution in [0.15, 0.2) is 46.6 Å². The number of H-pyrrole nitrogens is 1. The molecule has 0 spiro atoms. The van der Waals surface area contributed by atoms with Gasteiger partial charge in [-0.3, -0.25) is 4.79 Å². The zero-order valence-corrected chi connectivity index (χ0v) is 11.4. The number of benzene rings is 1. The van der Waals surface area contributed by atoms with Crippen molar-refractivity contribution in [3.63, 3.8) is 0 Å². The Labute approximate surface area is 114 Å². The van der Waals surface area contributed by atoms with Crippen molar-refractivity contribution >= 4 is 27.9 Å². The Bertz CT molecular complexity index is 773. The molecule has 0 atom stereocenters. The lowest BCUT2D eigenvalue weighted by Crippen LogP contribution is -2.03. The molecule has 0 aliphatic rings. The monoisotopic (exact) mass is 270 g/mol. The minimum absolute atomic E-state index is 0.0672. The van der Waals surface area contributed by atoms with E-state index in [1.807, 2.05) is 24.3 Å². The number of fused-ring (bicyclic) bond motifs is 1. The Morgan fingerprint density at radius 1 is 1.21 bits per heavy atom. The highest BCUT2D eigenvalue weighted by molar-refractivity contribution is 7.10. The summed E-state index contributed by atoms with van der Waals surface area (Å²) >= 11 is 1.76. The van der Waals surface area contributed by atoms with Crippen LogP contribution >= 0.6 is 11.3 Å². The molecule has 0 aliphatic carbocycles. The minimum Gasteiger partial charge on any atom is -0.380 e. The van der Waals surface area contributed by atoms with E-state index in [1.165, 1.54) is 10.4 Å². The van der Waals surface area contributed by atoms with Crippen LogP contribution in [0.2, 0.25) is 0 Å². The van der Waals surface area contributed by atoms with E-state index in [0.717, 1.165) is 23.1 Å². The summed E-state index contributed by atoms with van der Waals surface area (Å²) < 4.78 is 0. The number of aryl methyl sites for hydroxylation is 1. The van der Waals surface area contributed by atoms with Gasteiger partial charge in [-0.1, -0.05) is 0 Å². The average molecular weight is 270 g/mol. The predicted octanol–water partition coefficient (Wildman–Crippen LogP) is 3.51. The molecule has 3 aromatic rings. The molecule has 0 fully saturated rings. The summed E-state index contributed by atoms with van der Waals surface area (Å²) in [6.45, 7) is 2.96. The van der Waals surface area contributed by atoms with Gasteiger partial charge in [-0.2, -0.15) is 0 Å². The summed E-state index contributed by atoms with van der Waals surface area (Å²) in [4.78, 5) is 15.4. The van der Waals surface area contributed by atoms with Crippen LogP contribution in [0.1, 0.15) is 10.4 Å². The summed E-state index contributed by atoms with van der Waals surface area (Å²) in [6, 6.07) is 11.5. The summed E-state index contributed by atoms with van der Waals surface area (Å²) in [6.07, 6.45) is 0. The van der Waals surface area contributed by atoms with Crippen molar-refractivity contribution in [1.29, 1.82) is 0 Å². The van der Waals surface area contributed by atoms with Crippen molar-refractivity contribution in [3.05, 3.63) is 62.6 Å². The van der Waals surface area contributed by atoms with Crippen LogP contribution in [0.25, 0.3) is 10.9 Å². The number of hydrogen-bond donors (Lipinski definition) is 2. The largest absolute Gasteiger partial charge is 0.380 e. The Hall–Kier alpha value is -2.07. The second-order valence-corrected chi connectivity index (χ2v) is 5.51. The number of hydrogen-bond acceptors (Lipinski definition) is 3. The number of aromatic nitrogens is 1. The fourth-order valence-electron chi connectivity index (χ4n) is 2.03. The number of aromatic amines is 1. The first-order chi connectivity index (χ1) is 9.22. The van der Waals surface area contributed by atoms with Crippen LogP contribution in [0, 0.1) is 6.92 Å². The summed E-state index contributed by atoms with van der Waals surface area (Å²) in [5.41, 5.74) is 3.18. The number of pyridine rings is 1. The quantitative estimate of drug-likeness (QED) is 0.765. The lowest BCUT2D eigenvalue weighted by atomic mass is 10.2. The second-order valence-electron chi connectivity index (χ2n) is 4.50. The molecule has 0 radical (unpaired) electrons. The SMILES string of the molecule is Cc1ccsc1CNc1ccc2[nH]c(=O)ccc2c1. The van der Waals surface area contributed by atoms with E-state index in [4.69, 9.17) is 0 Å². The van der Waals surface area contributed by atoms with Crippen molar-refractivity contribution in [2.24, 2.45) is 0 Å². The number of thiophene rings is 1. The number of anilines is 1. The second kappa shape index (κ2) is 4.90.